The van der Waals surface area contributed by atoms with Crippen LogP contribution < -0.4 is 5.32 Å². The summed E-state index contributed by atoms with van der Waals surface area (Å²) in [6.07, 6.45) is 0. The summed E-state index contributed by atoms with van der Waals surface area (Å²) >= 11 is 1.52. The Bertz CT molecular complexity index is 1080. The van der Waals surface area contributed by atoms with Crippen molar-refractivity contribution < 1.29 is 4.79 Å². The number of amides is 1. The number of benzene rings is 3. The van der Waals surface area contributed by atoms with Gasteiger partial charge in [0.25, 0.3) is 5.91 Å². The topological polar surface area (TPSA) is 42.0 Å². The van der Waals surface area contributed by atoms with Crippen LogP contribution in [-0.4, -0.2) is 10.9 Å². The summed E-state index contributed by atoms with van der Waals surface area (Å²) in [5.41, 5.74) is 3.64. The fourth-order valence-electron chi connectivity index (χ4n) is 2.85. The Morgan fingerprint density at radius 1 is 1.04 bits per heavy atom. The number of hydrogen-bond donors (Lipinski definition) is 1. The quantitative estimate of drug-likeness (QED) is 0.540. The molecule has 0 aliphatic rings. The molecule has 3 nitrogen and oxygen atoms in total. The Balaban J connectivity index is 1.73. The number of nitrogens with one attached hydrogen (secondary N) is 1. The standard InChI is InChI=1S/C20H16N2OS/c1-12-7-8-13(2)16(11-12)19(23)22-20-21-17-10-9-14-5-3-4-6-15(14)18(17)24-20/h3-11H,1-2H3,(H,21,22,23). The van der Waals surface area contributed by atoms with Crippen molar-refractivity contribution in [2.75, 3.05) is 5.32 Å². The molecule has 0 radical (unpaired) electrons. The Morgan fingerprint density at radius 2 is 1.88 bits per heavy atom. The normalized spacial score (nSPS) is 11.1. The number of carbonyl (C=O) groups is 1. The molecule has 1 heterocycles. The van der Waals surface area contributed by atoms with E-state index in [1.165, 1.54) is 22.1 Å². The molecule has 0 atom stereocenters. The first kappa shape index (κ1) is 14.8. The van der Waals surface area contributed by atoms with Crippen LogP contribution in [0.3, 0.4) is 0 Å². The van der Waals surface area contributed by atoms with Crippen molar-refractivity contribution >= 4 is 43.4 Å². The third-order valence-corrected chi connectivity index (χ3v) is 5.16. The van der Waals surface area contributed by atoms with Gasteiger partial charge in [0.05, 0.1) is 10.2 Å². The Kier molecular flexibility index (Phi) is 3.54. The van der Waals surface area contributed by atoms with Crippen molar-refractivity contribution in [3.8, 4) is 0 Å². The zero-order valence-corrected chi connectivity index (χ0v) is 14.3. The molecule has 4 aromatic rings. The van der Waals surface area contributed by atoms with E-state index in [9.17, 15) is 4.79 Å². The molecule has 1 amide bonds. The molecule has 0 saturated heterocycles. The maximum absolute atomic E-state index is 12.6. The molecule has 24 heavy (non-hydrogen) atoms. The zero-order chi connectivity index (χ0) is 16.7. The molecular formula is C20H16N2OS. The number of anilines is 1. The van der Waals surface area contributed by atoms with Crippen LogP contribution >= 0.6 is 11.3 Å². The molecule has 0 spiro atoms. The number of aryl methyl sites for hydroxylation is 2. The summed E-state index contributed by atoms with van der Waals surface area (Å²) in [5, 5.41) is 5.93. The molecule has 4 heteroatoms. The minimum atomic E-state index is -0.112. The van der Waals surface area contributed by atoms with Crippen LogP contribution in [-0.2, 0) is 0 Å². The second kappa shape index (κ2) is 5.73. The largest absolute Gasteiger partial charge is 0.298 e. The highest BCUT2D eigenvalue weighted by Crippen LogP contribution is 2.32. The minimum Gasteiger partial charge on any atom is -0.298 e. The van der Waals surface area contributed by atoms with E-state index in [1.54, 1.807) is 0 Å². The Labute approximate surface area is 144 Å². The van der Waals surface area contributed by atoms with Gasteiger partial charge in [0, 0.05) is 10.9 Å². The van der Waals surface area contributed by atoms with Crippen molar-refractivity contribution in [3.63, 3.8) is 0 Å². The maximum Gasteiger partial charge on any atom is 0.257 e. The van der Waals surface area contributed by atoms with Gasteiger partial charge in [-0.25, -0.2) is 4.98 Å². The molecule has 0 fully saturated rings. The third-order valence-electron chi connectivity index (χ3n) is 4.14. The van der Waals surface area contributed by atoms with Crippen molar-refractivity contribution in [3.05, 3.63) is 71.3 Å². The average molecular weight is 332 g/mol. The van der Waals surface area contributed by atoms with Gasteiger partial charge in [-0.2, -0.15) is 0 Å². The van der Waals surface area contributed by atoms with E-state index >= 15 is 0 Å². The zero-order valence-electron chi connectivity index (χ0n) is 13.5. The summed E-state index contributed by atoms with van der Waals surface area (Å²) in [7, 11) is 0. The van der Waals surface area contributed by atoms with Gasteiger partial charge < -0.3 is 0 Å². The molecule has 0 saturated carbocycles. The lowest BCUT2D eigenvalue weighted by molar-refractivity contribution is 0.102. The van der Waals surface area contributed by atoms with E-state index in [4.69, 9.17) is 0 Å². The summed E-state index contributed by atoms with van der Waals surface area (Å²) in [4.78, 5) is 17.2. The number of rotatable bonds is 2. The molecule has 4 rings (SSSR count). The van der Waals surface area contributed by atoms with E-state index in [0.717, 1.165) is 21.3 Å². The fraction of sp³-hybridized carbons (Fsp3) is 0.100. The third kappa shape index (κ3) is 2.55. The Hall–Kier alpha value is -2.72. The van der Waals surface area contributed by atoms with Crippen LogP contribution in [0.15, 0.2) is 54.6 Å². The van der Waals surface area contributed by atoms with E-state index in [0.29, 0.717) is 10.7 Å². The molecule has 3 aromatic carbocycles. The van der Waals surface area contributed by atoms with Crippen molar-refractivity contribution in [1.82, 2.24) is 4.98 Å². The summed E-state index contributed by atoms with van der Waals surface area (Å²) in [6, 6.07) is 18.2. The highest BCUT2D eigenvalue weighted by molar-refractivity contribution is 7.23. The number of hydrogen-bond acceptors (Lipinski definition) is 3. The molecule has 0 unspecified atom stereocenters. The van der Waals surface area contributed by atoms with Crippen LogP contribution in [0.2, 0.25) is 0 Å². The number of aromatic nitrogens is 1. The van der Waals surface area contributed by atoms with Crippen molar-refractivity contribution in [2.24, 2.45) is 0 Å². The second-order valence-corrected chi connectivity index (χ2v) is 6.93. The molecule has 1 aromatic heterocycles. The van der Waals surface area contributed by atoms with Gasteiger partial charge >= 0.3 is 0 Å². The first-order valence-electron chi connectivity index (χ1n) is 7.79. The SMILES string of the molecule is Cc1ccc(C)c(C(=O)Nc2nc3ccc4ccccc4c3s2)c1. The first-order valence-corrected chi connectivity index (χ1v) is 8.60. The predicted octanol–water partition coefficient (Wildman–Crippen LogP) is 5.32. The van der Waals surface area contributed by atoms with E-state index in [-0.39, 0.29) is 5.91 Å². The smallest absolute Gasteiger partial charge is 0.257 e. The van der Waals surface area contributed by atoms with Crippen LogP contribution in [0.1, 0.15) is 21.5 Å². The summed E-state index contributed by atoms with van der Waals surface area (Å²) < 4.78 is 1.10. The maximum atomic E-state index is 12.6. The van der Waals surface area contributed by atoms with E-state index < -0.39 is 0 Å². The number of carbonyl (C=O) groups excluding carboxylic acids is 1. The molecule has 0 aliphatic carbocycles. The van der Waals surface area contributed by atoms with Gasteiger partial charge in [0.2, 0.25) is 0 Å². The lowest BCUT2D eigenvalue weighted by Gasteiger charge is -2.06. The van der Waals surface area contributed by atoms with Gasteiger partial charge in [-0.1, -0.05) is 59.4 Å². The van der Waals surface area contributed by atoms with Crippen LogP contribution in [0.5, 0.6) is 0 Å². The first-order chi connectivity index (χ1) is 11.6. The highest BCUT2D eigenvalue weighted by atomic mass is 32.1. The molecule has 0 bridgehead atoms. The van der Waals surface area contributed by atoms with E-state index in [1.807, 2.05) is 50.2 Å². The molecule has 1 N–H and O–H groups in total. The van der Waals surface area contributed by atoms with Gasteiger partial charge in [0.1, 0.15) is 0 Å². The lowest BCUT2D eigenvalue weighted by atomic mass is 10.1. The number of thiazole rings is 1. The second-order valence-electron chi connectivity index (χ2n) is 5.93. The van der Waals surface area contributed by atoms with Crippen molar-refractivity contribution in [2.45, 2.75) is 13.8 Å². The number of nitrogens with zero attached hydrogens (tertiary/aromatic N) is 1. The molecule has 118 valence electrons. The van der Waals surface area contributed by atoms with Gasteiger partial charge in [-0.05, 0) is 36.9 Å². The van der Waals surface area contributed by atoms with Crippen LogP contribution in [0.25, 0.3) is 21.0 Å². The van der Waals surface area contributed by atoms with Gasteiger partial charge in [-0.15, -0.1) is 0 Å². The molecular weight excluding hydrogens is 316 g/mol. The number of fused-ring (bicyclic) bond motifs is 3. The van der Waals surface area contributed by atoms with Gasteiger partial charge in [0.15, 0.2) is 5.13 Å². The monoisotopic (exact) mass is 332 g/mol. The van der Waals surface area contributed by atoms with E-state index in [2.05, 4.69) is 28.5 Å². The van der Waals surface area contributed by atoms with Crippen LogP contribution in [0, 0.1) is 13.8 Å². The predicted molar refractivity (Wildman–Crippen MR) is 101 cm³/mol. The summed E-state index contributed by atoms with van der Waals surface area (Å²) in [5.74, 6) is -0.112. The Morgan fingerprint density at radius 3 is 2.75 bits per heavy atom. The van der Waals surface area contributed by atoms with Crippen LogP contribution in [0.4, 0.5) is 5.13 Å². The lowest BCUT2D eigenvalue weighted by Crippen LogP contribution is -2.13. The van der Waals surface area contributed by atoms with Crippen molar-refractivity contribution in [1.29, 1.82) is 0 Å². The minimum absolute atomic E-state index is 0.112. The highest BCUT2D eigenvalue weighted by Gasteiger charge is 2.13. The van der Waals surface area contributed by atoms with Gasteiger partial charge in [-0.3, -0.25) is 10.1 Å². The average Bonchev–Trinajstić information content (AvgIpc) is 3.00. The summed E-state index contributed by atoms with van der Waals surface area (Å²) in [6.45, 7) is 3.93. The molecule has 0 aliphatic heterocycles. The fourth-order valence-corrected chi connectivity index (χ4v) is 3.85.